The molecule has 0 spiro atoms. The number of rotatable bonds is 2. The van der Waals surface area contributed by atoms with Crippen molar-refractivity contribution in [2.45, 2.75) is 0 Å². The molecule has 0 bridgehead atoms. The Morgan fingerprint density at radius 1 is 1.24 bits per heavy atom. The quantitative estimate of drug-likeness (QED) is 0.888. The first-order valence-electron chi connectivity index (χ1n) is 4.80. The highest BCUT2D eigenvalue weighted by molar-refractivity contribution is 6.30. The van der Waals surface area contributed by atoms with E-state index in [0.717, 1.165) is 6.07 Å². The van der Waals surface area contributed by atoms with E-state index in [9.17, 15) is 9.59 Å². The Bertz CT molecular complexity index is 634. The van der Waals surface area contributed by atoms with Crippen molar-refractivity contribution in [1.82, 2.24) is 4.57 Å². The van der Waals surface area contributed by atoms with Gasteiger partial charge in [0.15, 0.2) is 0 Å². The fraction of sp³-hybridized carbons (Fsp3) is 0. The number of nitrogens with zero attached hydrogens (tertiary/aromatic N) is 1. The number of hydrogen-bond donors (Lipinski definition) is 1. The first-order valence-corrected chi connectivity index (χ1v) is 5.17. The van der Waals surface area contributed by atoms with Crippen LogP contribution in [0.2, 0.25) is 5.02 Å². The first-order chi connectivity index (χ1) is 8.08. The van der Waals surface area contributed by atoms with Crippen LogP contribution in [0.4, 0.5) is 0 Å². The molecule has 1 heterocycles. The second kappa shape index (κ2) is 4.43. The molecule has 0 atom stereocenters. The van der Waals surface area contributed by atoms with Crippen molar-refractivity contribution in [1.29, 1.82) is 0 Å². The summed E-state index contributed by atoms with van der Waals surface area (Å²) in [6.45, 7) is 0. The fourth-order valence-electron chi connectivity index (χ4n) is 1.45. The van der Waals surface area contributed by atoms with E-state index >= 15 is 0 Å². The van der Waals surface area contributed by atoms with E-state index in [0.29, 0.717) is 10.7 Å². The maximum Gasteiger partial charge on any atom is 0.335 e. The van der Waals surface area contributed by atoms with Crippen LogP contribution in [-0.2, 0) is 0 Å². The van der Waals surface area contributed by atoms with Crippen molar-refractivity contribution in [3.63, 3.8) is 0 Å². The number of aromatic nitrogens is 1. The molecule has 5 heteroatoms. The zero-order chi connectivity index (χ0) is 12.4. The van der Waals surface area contributed by atoms with Crippen molar-refractivity contribution in [3.8, 4) is 5.69 Å². The highest BCUT2D eigenvalue weighted by atomic mass is 35.5. The lowest BCUT2D eigenvalue weighted by molar-refractivity contribution is 0.0696. The van der Waals surface area contributed by atoms with Crippen LogP contribution in [0.15, 0.2) is 47.4 Å². The minimum Gasteiger partial charge on any atom is -0.478 e. The normalized spacial score (nSPS) is 10.2. The Kier molecular flexibility index (Phi) is 2.97. The van der Waals surface area contributed by atoms with Crippen molar-refractivity contribution < 1.29 is 9.90 Å². The average Bonchev–Trinajstić information content (AvgIpc) is 2.28. The minimum absolute atomic E-state index is 0.0340. The molecule has 17 heavy (non-hydrogen) atoms. The Labute approximate surface area is 102 Å². The molecule has 1 N–H and O–H groups in total. The third kappa shape index (κ3) is 2.37. The van der Waals surface area contributed by atoms with Crippen LogP contribution in [-0.4, -0.2) is 15.6 Å². The lowest BCUT2D eigenvalue weighted by Crippen LogP contribution is -2.18. The summed E-state index contributed by atoms with van der Waals surface area (Å²) in [5, 5.41) is 9.26. The summed E-state index contributed by atoms with van der Waals surface area (Å²) in [7, 11) is 0. The largest absolute Gasteiger partial charge is 0.478 e. The summed E-state index contributed by atoms with van der Waals surface area (Å²) >= 11 is 5.82. The molecule has 4 nitrogen and oxygen atoms in total. The van der Waals surface area contributed by atoms with Gasteiger partial charge in [-0.3, -0.25) is 9.36 Å². The minimum atomic E-state index is -1.12. The highest BCUT2D eigenvalue weighted by Gasteiger charge is 2.06. The number of hydrogen-bond acceptors (Lipinski definition) is 2. The molecule has 2 aromatic rings. The van der Waals surface area contributed by atoms with Crippen LogP contribution in [0.5, 0.6) is 0 Å². The van der Waals surface area contributed by atoms with Crippen molar-refractivity contribution in [2.75, 3.05) is 0 Å². The number of carboxylic acid groups (broad SMARTS) is 1. The van der Waals surface area contributed by atoms with E-state index in [4.69, 9.17) is 16.7 Å². The van der Waals surface area contributed by atoms with Gasteiger partial charge in [0.2, 0.25) is 0 Å². The van der Waals surface area contributed by atoms with E-state index in [1.165, 1.54) is 16.8 Å². The number of pyridine rings is 1. The van der Waals surface area contributed by atoms with Crippen LogP contribution in [0.25, 0.3) is 5.69 Å². The number of halogens is 1. The summed E-state index contributed by atoms with van der Waals surface area (Å²) in [6.07, 6.45) is 1.41. The van der Waals surface area contributed by atoms with Crippen LogP contribution in [0, 0.1) is 0 Å². The second-order valence-corrected chi connectivity index (χ2v) is 3.85. The van der Waals surface area contributed by atoms with Crippen LogP contribution >= 0.6 is 11.6 Å². The van der Waals surface area contributed by atoms with Gasteiger partial charge in [-0.1, -0.05) is 17.7 Å². The summed E-state index contributed by atoms with van der Waals surface area (Å²) in [5.41, 5.74) is 0.153. The molecule has 0 fully saturated rings. The van der Waals surface area contributed by atoms with Gasteiger partial charge in [0.1, 0.15) is 0 Å². The molecular formula is C12H8ClNO3. The Morgan fingerprint density at radius 3 is 2.59 bits per heavy atom. The zero-order valence-electron chi connectivity index (χ0n) is 8.63. The third-order valence-electron chi connectivity index (χ3n) is 2.25. The molecule has 1 aromatic heterocycles. The monoisotopic (exact) mass is 249 g/mol. The van der Waals surface area contributed by atoms with Gasteiger partial charge >= 0.3 is 5.97 Å². The fourth-order valence-corrected chi connectivity index (χ4v) is 1.64. The van der Waals surface area contributed by atoms with Crippen molar-refractivity contribution in [2.24, 2.45) is 0 Å². The van der Waals surface area contributed by atoms with Gasteiger partial charge in [-0.2, -0.15) is 0 Å². The van der Waals surface area contributed by atoms with Gasteiger partial charge < -0.3 is 5.11 Å². The van der Waals surface area contributed by atoms with Crippen LogP contribution in [0.1, 0.15) is 10.4 Å². The highest BCUT2D eigenvalue weighted by Crippen LogP contribution is 2.13. The molecule has 1 aromatic carbocycles. The molecule has 0 aliphatic rings. The maximum atomic E-state index is 11.7. The van der Waals surface area contributed by atoms with Crippen molar-refractivity contribution >= 4 is 17.6 Å². The molecule has 0 aliphatic heterocycles. The summed E-state index contributed by atoms with van der Waals surface area (Å²) in [6, 6.07) is 9.20. The molecule has 0 saturated heterocycles. The molecule has 0 radical (unpaired) electrons. The van der Waals surface area contributed by atoms with Crippen LogP contribution in [0.3, 0.4) is 0 Å². The molecule has 0 saturated carbocycles. The van der Waals surface area contributed by atoms with E-state index in [2.05, 4.69) is 0 Å². The Balaban J connectivity index is 2.54. The molecule has 86 valence electrons. The van der Waals surface area contributed by atoms with Gasteiger partial charge in [0, 0.05) is 17.3 Å². The molecular weight excluding hydrogens is 242 g/mol. The predicted octanol–water partition coefficient (Wildman–Crippen LogP) is 2.19. The first kappa shape index (κ1) is 11.4. The summed E-state index contributed by atoms with van der Waals surface area (Å²) in [5.74, 6) is -1.12. The summed E-state index contributed by atoms with van der Waals surface area (Å²) < 4.78 is 1.33. The van der Waals surface area contributed by atoms with Gasteiger partial charge in [0.05, 0.1) is 11.3 Å². The van der Waals surface area contributed by atoms with E-state index in [1.54, 1.807) is 24.3 Å². The van der Waals surface area contributed by atoms with Crippen LogP contribution < -0.4 is 5.56 Å². The number of benzene rings is 1. The van der Waals surface area contributed by atoms with Gasteiger partial charge in [-0.25, -0.2) is 4.79 Å². The van der Waals surface area contributed by atoms with Crippen molar-refractivity contribution in [3.05, 3.63) is 63.5 Å². The number of carbonyl (C=O) groups is 1. The SMILES string of the molecule is O=C(O)c1ccn(-c2cccc(Cl)c2)c(=O)c1. The smallest absolute Gasteiger partial charge is 0.335 e. The van der Waals surface area contributed by atoms with E-state index < -0.39 is 11.5 Å². The van der Waals surface area contributed by atoms with E-state index in [-0.39, 0.29) is 5.56 Å². The topological polar surface area (TPSA) is 59.3 Å². The Morgan fingerprint density at radius 2 is 2.00 bits per heavy atom. The second-order valence-electron chi connectivity index (χ2n) is 3.41. The zero-order valence-corrected chi connectivity index (χ0v) is 9.39. The number of aromatic carboxylic acids is 1. The average molecular weight is 250 g/mol. The lowest BCUT2D eigenvalue weighted by atomic mass is 10.2. The molecule has 0 unspecified atom stereocenters. The lowest BCUT2D eigenvalue weighted by Gasteiger charge is -2.05. The van der Waals surface area contributed by atoms with Gasteiger partial charge in [0.25, 0.3) is 5.56 Å². The Hall–Kier alpha value is -2.07. The predicted molar refractivity (Wildman–Crippen MR) is 64.0 cm³/mol. The number of carboxylic acids is 1. The molecule has 2 rings (SSSR count). The summed E-state index contributed by atoms with van der Waals surface area (Å²) in [4.78, 5) is 22.4. The van der Waals surface area contributed by atoms with Gasteiger partial charge in [-0.15, -0.1) is 0 Å². The third-order valence-corrected chi connectivity index (χ3v) is 2.49. The maximum absolute atomic E-state index is 11.7. The van der Waals surface area contributed by atoms with E-state index in [1.807, 2.05) is 0 Å². The standard InChI is InChI=1S/C12H8ClNO3/c13-9-2-1-3-10(7-9)14-5-4-8(12(16)17)6-11(14)15/h1-7H,(H,16,17). The van der Waals surface area contributed by atoms with Gasteiger partial charge in [-0.05, 0) is 24.3 Å². The molecule has 0 aliphatic carbocycles. The molecule has 0 amide bonds.